The van der Waals surface area contributed by atoms with Gasteiger partial charge in [0.15, 0.2) is 0 Å². The third-order valence-corrected chi connectivity index (χ3v) is 3.55. The zero-order valence-electron chi connectivity index (χ0n) is 6.72. The van der Waals surface area contributed by atoms with Crippen LogP contribution in [0, 0.1) is 5.92 Å². The molecular formula is C7H13O3PS. The molecule has 1 rings (SSSR count). The van der Waals surface area contributed by atoms with Gasteiger partial charge in [-0.3, -0.25) is 4.57 Å². The van der Waals surface area contributed by atoms with Crippen molar-refractivity contribution in [3.63, 3.8) is 0 Å². The average Bonchev–Trinajstić information content (AvgIpc) is 2.02. The van der Waals surface area contributed by atoms with E-state index >= 15 is 0 Å². The second-order valence-corrected chi connectivity index (χ2v) is 5.53. The van der Waals surface area contributed by atoms with Crippen LogP contribution in [0.2, 0.25) is 0 Å². The molecule has 0 aromatic carbocycles. The van der Waals surface area contributed by atoms with E-state index in [1.807, 2.05) is 11.8 Å². The van der Waals surface area contributed by atoms with Crippen LogP contribution in [0.25, 0.3) is 0 Å². The molecule has 1 aliphatic rings. The second-order valence-electron chi connectivity index (χ2n) is 2.91. The molecule has 0 aromatic heterocycles. The Morgan fingerprint density at radius 2 is 2.25 bits per heavy atom. The standard InChI is InChI=1S/C7H13O3PS/c8-11(9,10)4-3-7-2-1-5-12-6-7/h3-4,7H,1-2,5-6H2,(H2,8,9,10)/b4-3+. The first kappa shape index (κ1) is 10.3. The fraction of sp³-hybridized carbons (Fsp3) is 0.714. The van der Waals surface area contributed by atoms with Gasteiger partial charge < -0.3 is 9.79 Å². The Balaban J connectivity index is 2.39. The summed E-state index contributed by atoms with van der Waals surface area (Å²) in [5, 5.41) is 0. The van der Waals surface area contributed by atoms with Crippen LogP contribution in [-0.4, -0.2) is 21.3 Å². The van der Waals surface area contributed by atoms with Gasteiger partial charge in [0.2, 0.25) is 0 Å². The van der Waals surface area contributed by atoms with Crippen molar-refractivity contribution in [1.29, 1.82) is 0 Å². The molecule has 12 heavy (non-hydrogen) atoms. The van der Waals surface area contributed by atoms with Crippen LogP contribution in [0.5, 0.6) is 0 Å². The lowest BCUT2D eigenvalue weighted by Gasteiger charge is -2.17. The van der Waals surface area contributed by atoms with E-state index in [4.69, 9.17) is 9.79 Å². The Morgan fingerprint density at radius 3 is 2.75 bits per heavy atom. The Morgan fingerprint density at radius 1 is 1.50 bits per heavy atom. The number of allylic oxidation sites excluding steroid dienone is 1. The molecule has 0 radical (unpaired) electrons. The monoisotopic (exact) mass is 208 g/mol. The SMILES string of the molecule is O=P(O)(O)/C=C/C1CCCSC1. The van der Waals surface area contributed by atoms with Gasteiger partial charge in [0.25, 0.3) is 0 Å². The molecule has 1 heterocycles. The van der Waals surface area contributed by atoms with E-state index in [1.165, 1.54) is 5.75 Å². The molecule has 0 aromatic rings. The van der Waals surface area contributed by atoms with Crippen LogP contribution in [0.15, 0.2) is 11.9 Å². The summed E-state index contributed by atoms with van der Waals surface area (Å²) in [5.41, 5.74) is 0. The maximum absolute atomic E-state index is 10.5. The summed E-state index contributed by atoms with van der Waals surface area (Å²) >= 11 is 1.85. The first-order valence-electron chi connectivity index (χ1n) is 3.90. The van der Waals surface area contributed by atoms with Crippen molar-refractivity contribution in [2.45, 2.75) is 12.8 Å². The van der Waals surface area contributed by atoms with E-state index in [9.17, 15) is 4.57 Å². The van der Waals surface area contributed by atoms with E-state index in [1.54, 1.807) is 6.08 Å². The fourth-order valence-corrected chi connectivity index (χ4v) is 2.74. The van der Waals surface area contributed by atoms with Crippen molar-refractivity contribution in [3.05, 3.63) is 11.9 Å². The minimum Gasteiger partial charge on any atom is -0.321 e. The van der Waals surface area contributed by atoms with Crippen molar-refractivity contribution in [1.82, 2.24) is 0 Å². The lowest BCUT2D eigenvalue weighted by molar-refractivity contribution is 0.385. The van der Waals surface area contributed by atoms with Gasteiger partial charge in [0, 0.05) is 5.82 Å². The summed E-state index contributed by atoms with van der Waals surface area (Å²) in [6.07, 6.45) is 3.87. The van der Waals surface area contributed by atoms with Crippen LogP contribution in [0.3, 0.4) is 0 Å². The number of hydrogen-bond donors (Lipinski definition) is 2. The van der Waals surface area contributed by atoms with Gasteiger partial charge >= 0.3 is 7.60 Å². The quantitative estimate of drug-likeness (QED) is 0.679. The molecule has 0 bridgehead atoms. The van der Waals surface area contributed by atoms with Gasteiger partial charge in [-0.2, -0.15) is 11.8 Å². The lowest BCUT2D eigenvalue weighted by Crippen LogP contribution is -2.07. The molecule has 0 spiro atoms. The lowest BCUT2D eigenvalue weighted by atomic mass is 10.1. The fourth-order valence-electron chi connectivity index (χ4n) is 1.15. The zero-order valence-corrected chi connectivity index (χ0v) is 8.43. The van der Waals surface area contributed by atoms with Gasteiger partial charge in [-0.1, -0.05) is 6.08 Å². The van der Waals surface area contributed by atoms with Crippen LogP contribution in [0.1, 0.15) is 12.8 Å². The van der Waals surface area contributed by atoms with Crippen molar-refractivity contribution in [2.24, 2.45) is 5.92 Å². The van der Waals surface area contributed by atoms with Gasteiger partial charge in [-0.05, 0) is 30.3 Å². The first-order valence-corrected chi connectivity index (χ1v) is 6.74. The molecule has 1 unspecified atom stereocenters. The van der Waals surface area contributed by atoms with Crippen LogP contribution >= 0.6 is 19.4 Å². The van der Waals surface area contributed by atoms with Crippen molar-refractivity contribution in [3.8, 4) is 0 Å². The molecule has 1 fully saturated rings. The predicted molar refractivity (Wildman–Crippen MR) is 51.2 cm³/mol. The van der Waals surface area contributed by atoms with E-state index < -0.39 is 7.60 Å². The molecule has 2 N–H and O–H groups in total. The summed E-state index contributed by atoms with van der Waals surface area (Å²) in [6, 6.07) is 0. The average molecular weight is 208 g/mol. The second kappa shape index (κ2) is 4.47. The summed E-state index contributed by atoms with van der Waals surface area (Å²) in [5.74, 6) is 3.57. The number of rotatable bonds is 2. The highest BCUT2D eigenvalue weighted by atomic mass is 32.2. The predicted octanol–water partition coefficient (Wildman–Crippen LogP) is 1.82. The third kappa shape index (κ3) is 4.31. The van der Waals surface area contributed by atoms with E-state index in [2.05, 4.69) is 0 Å². The normalized spacial score (nSPS) is 26.3. The summed E-state index contributed by atoms with van der Waals surface area (Å²) in [4.78, 5) is 17.1. The molecule has 0 amide bonds. The van der Waals surface area contributed by atoms with Crippen LogP contribution in [0.4, 0.5) is 0 Å². The minimum atomic E-state index is -3.92. The Kier molecular flexibility index (Phi) is 3.84. The highest BCUT2D eigenvalue weighted by Gasteiger charge is 2.13. The van der Waals surface area contributed by atoms with Gasteiger partial charge in [0.05, 0.1) is 0 Å². The Hall–Kier alpha value is 0.240. The largest absolute Gasteiger partial charge is 0.348 e. The number of thioether (sulfide) groups is 1. The maximum atomic E-state index is 10.5. The van der Waals surface area contributed by atoms with Crippen LogP contribution in [-0.2, 0) is 4.57 Å². The Bertz CT molecular complexity index is 205. The molecule has 1 aliphatic heterocycles. The minimum absolute atomic E-state index is 0.358. The highest BCUT2D eigenvalue weighted by molar-refractivity contribution is 7.99. The molecule has 1 atom stereocenters. The first-order chi connectivity index (χ1) is 5.58. The molecule has 70 valence electrons. The Labute approximate surface area is 76.4 Å². The summed E-state index contributed by atoms with van der Waals surface area (Å²) in [6.45, 7) is 0. The van der Waals surface area contributed by atoms with Crippen LogP contribution < -0.4 is 0 Å². The number of hydrogen-bond acceptors (Lipinski definition) is 2. The van der Waals surface area contributed by atoms with Crippen molar-refractivity contribution < 1.29 is 14.4 Å². The van der Waals surface area contributed by atoms with E-state index in [0.717, 1.165) is 24.4 Å². The van der Waals surface area contributed by atoms with Gasteiger partial charge in [0.1, 0.15) is 0 Å². The molecular weight excluding hydrogens is 195 g/mol. The summed E-state index contributed by atoms with van der Waals surface area (Å²) in [7, 11) is -3.92. The maximum Gasteiger partial charge on any atom is 0.348 e. The molecule has 0 saturated carbocycles. The van der Waals surface area contributed by atoms with Gasteiger partial charge in [-0.25, -0.2) is 0 Å². The topological polar surface area (TPSA) is 57.5 Å². The van der Waals surface area contributed by atoms with Crippen molar-refractivity contribution >= 4 is 19.4 Å². The van der Waals surface area contributed by atoms with Gasteiger partial charge in [-0.15, -0.1) is 0 Å². The third-order valence-electron chi connectivity index (χ3n) is 1.75. The molecule has 1 saturated heterocycles. The van der Waals surface area contributed by atoms with Crippen molar-refractivity contribution in [2.75, 3.05) is 11.5 Å². The smallest absolute Gasteiger partial charge is 0.321 e. The van der Waals surface area contributed by atoms with E-state index in [-0.39, 0.29) is 0 Å². The summed E-state index contributed by atoms with van der Waals surface area (Å²) < 4.78 is 10.5. The zero-order chi connectivity index (χ0) is 9.03. The molecule has 3 nitrogen and oxygen atoms in total. The molecule has 0 aliphatic carbocycles. The highest BCUT2D eigenvalue weighted by Crippen LogP contribution is 2.37. The molecule has 5 heteroatoms. The van der Waals surface area contributed by atoms with E-state index in [0.29, 0.717) is 5.92 Å².